The van der Waals surface area contributed by atoms with E-state index < -0.39 is 0 Å². The van der Waals surface area contributed by atoms with E-state index >= 15 is 0 Å². The fraction of sp³-hybridized carbons (Fsp3) is 0.127. The Morgan fingerprint density at radius 2 is 0.807 bits per heavy atom. The molecule has 9 aromatic rings. The molecular formula is C55H46N2. The lowest BCUT2D eigenvalue weighted by Gasteiger charge is -2.30. The quantitative estimate of drug-likeness (QED) is 0.157. The monoisotopic (exact) mass is 734 g/mol. The molecule has 0 unspecified atom stereocenters. The van der Waals surface area contributed by atoms with Crippen molar-refractivity contribution in [3.63, 3.8) is 0 Å². The van der Waals surface area contributed by atoms with Crippen molar-refractivity contribution in [2.75, 3.05) is 9.80 Å². The molecule has 0 fully saturated rings. The molecule has 9 aromatic carbocycles. The van der Waals surface area contributed by atoms with Gasteiger partial charge in [0.2, 0.25) is 0 Å². The zero-order chi connectivity index (χ0) is 39.0. The van der Waals surface area contributed by atoms with E-state index in [-0.39, 0.29) is 5.41 Å². The minimum absolute atomic E-state index is 0.266. The van der Waals surface area contributed by atoms with Crippen LogP contribution in [-0.4, -0.2) is 0 Å². The maximum absolute atomic E-state index is 2.50. The van der Waals surface area contributed by atoms with Gasteiger partial charge in [0.15, 0.2) is 0 Å². The molecule has 57 heavy (non-hydrogen) atoms. The molecule has 0 aromatic heterocycles. The number of para-hydroxylation sites is 2. The summed E-state index contributed by atoms with van der Waals surface area (Å²) in [5.74, 6) is 0. The highest BCUT2D eigenvalue weighted by molar-refractivity contribution is 6.21. The van der Waals surface area contributed by atoms with Crippen LogP contribution in [0.25, 0.3) is 43.4 Å². The third-order valence-electron chi connectivity index (χ3n) is 12.6. The summed E-state index contributed by atoms with van der Waals surface area (Å²) in [6.07, 6.45) is 0. The summed E-state index contributed by atoms with van der Waals surface area (Å²) in [5, 5.41) is 7.70. The second kappa shape index (κ2) is 13.2. The van der Waals surface area contributed by atoms with E-state index in [1.165, 1.54) is 82.5 Å². The number of nitrogens with zero attached hydrogens (tertiary/aromatic N) is 2. The smallest absolute Gasteiger partial charge is 0.0546 e. The lowest BCUT2D eigenvalue weighted by Crippen LogP contribution is -2.17. The Hall–Kier alpha value is -6.64. The standard InChI is InChI=1S/C55H46N2/c1-35-25-27-41(31-37(35)3)56(39-17-9-7-10-18-39)43-29-30-48-49(33-43)44-21-13-15-23-46(44)52-50-34-51(45-22-14-16-24-47(45)53(50)55(5,6)54(48)52)57(40-19-11-8-12-20-40)42-28-26-36(2)38(4)32-42/h7-34H,1-6H3. The van der Waals surface area contributed by atoms with Crippen LogP contribution < -0.4 is 9.80 Å². The SMILES string of the molecule is Cc1ccc(N(c2ccccc2)c2ccc3c4c(c5ccccc5c3c2)-c2cc(N(c3ccccc3)c3ccc(C)c(C)c3)c3ccccc3c2C4(C)C)cc1C. The molecule has 0 atom stereocenters. The summed E-state index contributed by atoms with van der Waals surface area (Å²) >= 11 is 0. The summed E-state index contributed by atoms with van der Waals surface area (Å²) in [6, 6.07) is 63.1. The van der Waals surface area contributed by atoms with Crippen LogP contribution in [0.2, 0.25) is 0 Å². The minimum Gasteiger partial charge on any atom is -0.310 e. The van der Waals surface area contributed by atoms with E-state index in [0.29, 0.717) is 0 Å². The molecule has 0 saturated carbocycles. The van der Waals surface area contributed by atoms with Crippen LogP contribution in [0.15, 0.2) is 170 Å². The molecule has 0 amide bonds. The average Bonchev–Trinajstić information content (AvgIpc) is 3.48. The Morgan fingerprint density at radius 3 is 1.42 bits per heavy atom. The number of anilines is 6. The van der Waals surface area contributed by atoms with Crippen LogP contribution in [0, 0.1) is 27.7 Å². The van der Waals surface area contributed by atoms with Gasteiger partial charge in [-0.1, -0.05) is 117 Å². The molecule has 0 saturated heterocycles. The van der Waals surface area contributed by atoms with Crippen molar-refractivity contribution in [3.8, 4) is 11.1 Å². The van der Waals surface area contributed by atoms with E-state index in [1.54, 1.807) is 0 Å². The minimum atomic E-state index is -0.266. The molecule has 10 rings (SSSR count). The Labute approximate surface area is 336 Å². The number of hydrogen-bond acceptors (Lipinski definition) is 2. The van der Waals surface area contributed by atoms with Gasteiger partial charge in [0.1, 0.15) is 0 Å². The summed E-state index contributed by atoms with van der Waals surface area (Å²) in [4.78, 5) is 4.86. The Kier molecular flexibility index (Phi) is 8.09. The predicted octanol–water partition coefficient (Wildman–Crippen LogP) is 15.6. The number of benzene rings is 9. The van der Waals surface area contributed by atoms with E-state index in [1.807, 2.05) is 0 Å². The highest BCUT2D eigenvalue weighted by Crippen LogP contribution is 2.59. The number of aryl methyl sites for hydroxylation is 4. The summed E-state index contributed by atoms with van der Waals surface area (Å²) < 4.78 is 0. The van der Waals surface area contributed by atoms with Crippen LogP contribution in [0.3, 0.4) is 0 Å². The van der Waals surface area contributed by atoms with Gasteiger partial charge in [-0.2, -0.15) is 0 Å². The van der Waals surface area contributed by atoms with Crippen molar-refractivity contribution in [1.82, 2.24) is 0 Å². The number of fused-ring (bicyclic) bond motifs is 10. The largest absolute Gasteiger partial charge is 0.310 e. The fourth-order valence-electron chi connectivity index (χ4n) is 9.54. The van der Waals surface area contributed by atoms with Crippen molar-refractivity contribution in [1.29, 1.82) is 0 Å². The Morgan fingerprint density at radius 1 is 0.333 bits per heavy atom. The molecule has 0 spiro atoms. The molecule has 0 radical (unpaired) electrons. The highest BCUT2D eigenvalue weighted by Gasteiger charge is 2.41. The lowest BCUT2D eigenvalue weighted by atomic mass is 9.77. The maximum Gasteiger partial charge on any atom is 0.0546 e. The van der Waals surface area contributed by atoms with Crippen molar-refractivity contribution < 1.29 is 0 Å². The highest BCUT2D eigenvalue weighted by atomic mass is 15.1. The second-order valence-electron chi connectivity index (χ2n) is 16.4. The third kappa shape index (κ3) is 5.46. The second-order valence-corrected chi connectivity index (χ2v) is 16.4. The summed E-state index contributed by atoms with van der Waals surface area (Å²) in [6.45, 7) is 13.7. The molecule has 0 heterocycles. The molecule has 1 aliphatic rings. The molecule has 2 nitrogen and oxygen atoms in total. The fourth-order valence-corrected chi connectivity index (χ4v) is 9.54. The topological polar surface area (TPSA) is 6.48 Å². The maximum atomic E-state index is 2.50. The first-order valence-corrected chi connectivity index (χ1v) is 20.1. The average molecular weight is 735 g/mol. The van der Waals surface area contributed by atoms with Crippen molar-refractivity contribution >= 4 is 66.4 Å². The van der Waals surface area contributed by atoms with Crippen LogP contribution in [-0.2, 0) is 5.41 Å². The molecule has 0 aliphatic heterocycles. The van der Waals surface area contributed by atoms with Gasteiger partial charge in [-0.05, 0) is 166 Å². The van der Waals surface area contributed by atoms with Crippen LogP contribution in [0.4, 0.5) is 34.1 Å². The zero-order valence-corrected chi connectivity index (χ0v) is 33.6. The van der Waals surface area contributed by atoms with Crippen LogP contribution in [0.1, 0.15) is 47.2 Å². The van der Waals surface area contributed by atoms with Gasteiger partial charge in [0.05, 0.1) is 5.69 Å². The van der Waals surface area contributed by atoms with Crippen LogP contribution in [0.5, 0.6) is 0 Å². The first-order valence-electron chi connectivity index (χ1n) is 20.1. The third-order valence-corrected chi connectivity index (χ3v) is 12.6. The van der Waals surface area contributed by atoms with Gasteiger partial charge in [0, 0.05) is 39.2 Å². The number of hydrogen-bond donors (Lipinski definition) is 0. The molecule has 0 N–H and O–H groups in total. The van der Waals surface area contributed by atoms with Crippen molar-refractivity contribution in [2.24, 2.45) is 0 Å². The van der Waals surface area contributed by atoms with Gasteiger partial charge in [-0.25, -0.2) is 0 Å². The van der Waals surface area contributed by atoms with E-state index in [2.05, 4.69) is 221 Å². The Bertz CT molecular complexity index is 3030. The van der Waals surface area contributed by atoms with E-state index in [0.717, 1.165) is 28.4 Å². The zero-order valence-electron chi connectivity index (χ0n) is 33.6. The summed E-state index contributed by atoms with van der Waals surface area (Å²) in [7, 11) is 0. The first-order chi connectivity index (χ1) is 27.7. The molecule has 0 bridgehead atoms. The predicted molar refractivity (Wildman–Crippen MR) is 245 cm³/mol. The molecular weight excluding hydrogens is 689 g/mol. The molecule has 276 valence electrons. The van der Waals surface area contributed by atoms with Crippen molar-refractivity contribution in [2.45, 2.75) is 47.0 Å². The lowest BCUT2D eigenvalue weighted by molar-refractivity contribution is 0.672. The van der Waals surface area contributed by atoms with Gasteiger partial charge >= 0.3 is 0 Å². The van der Waals surface area contributed by atoms with Crippen LogP contribution >= 0.6 is 0 Å². The van der Waals surface area contributed by atoms with Crippen molar-refractivity contribution in [3.05, 3.63) is 203 Å². The molecule has 2 heteroatoms. The summed E-state index contributed by atoms with van der Waals surface area (Å²) in [5.41, 5.74) is 17.3. The van der Waals surface area contributed by atoms with E-state index in [4.69, 9.17) is 0 Å². The first kappa shape index (κ1) is 34.8. The van der Waals surface area contributed by atoms with E-state index in [9.17, 15) is 0 Å². The molecule has 1 aliphatic carbocycles. The number of rotatable bonds is 6. The Balaban J connectivity index is 1.26. The van der Waals surface area contributed by atoms with Gasteiger partial charge in [0.25, 0.3) is 0 Å². The van der Waals surface area contributed by atoms with Gasteiger partial charge in [-0.15, -0.1) is 0 Å². The van der Waals surface area contributed by atoms with Gasteiger partial charge < -0.3 is 9.80 Å². The normalized spacial score (nSPS) is 12.9. The van der Waals surface area contributed by atoms with Gasteiger partial charge in [-0.3, -0.25) is 0 Å².